The van der Waals surface area contributed by atoms with E-state index in [1.54, 1.807) is 17.0 Å². The zero-order valence-electron chi connectivity index (χ0n) is 13.8. The molecule has 130 valence electrons. The van der Waals surface area contributed by atoms with Crippen molar-refractivity contribution < 1.29 is 9.59 Å². The van der Waals surface area contributed by atoms with Gasteiger partial charge >= 0.3 is 0 Å². The first-order valence-electron chi connectivity index (χ1n) is 8.06. The van der Waals surface area contributed by atoms with E-state index < -0.39 is 0 Å². The number of hydrogen-bond donors (Lipinski definition) is 2. The molecule has 3 rings (SSSR count). The molecule has 0 radical (unpaired) electrons. The lowest BCUT2D eigenvalue weighted by Crippen LogP contribution is -2.48. The molecule has 1 aromatic carbocycles. The monoisotopic (exact) mass is 358 g/mol. The summed E-state index contributed by atoms with van der Waals surface area (Å²) in [5.41, 5.74) is 1.65. The van der Waals surface area contributed by atoms with Gasteiger partial charge in [0, 0.05) is 37.9 Å². The van der Waals surface area contributed by atoms with Crippen LogP contribution < -0.4 is 10.6 Å². The summed E-state index contributed by atoms with van der Waals surface area (Å²) in [4.78, 5) is 30.4. The molecule has 0 saturated carbocycles. The first-order chi connectivity index (χ1) is 12.1. The fourth-order valence-electron chi connectivity index (χ4n) is 2.92. The quantitative estimate of drug-likeness (QED) is 0.878. The smallest absolute Gasteiger partial charge is 0.269 e. The minimum absolute atomic E-state index is 0.123. The van der Waals surface area contributed by atoms with Gasteiger partial charge in [-0.25, -0.2) is 0 Å². The number of nitrogens with zero attached hydrogens (tertiary/aromatic N) is 2. The molecule has 1 aliphatic rings. The molecular formula is C18H19ClN4O2. The number of rotatable bonds is 3. The minimum Gasteiger partial charge on any atom is -0.354 e. The van der Waals surface area contributed by atoms with E-state index >= 15 is 0 Å². The van der Waals surface area contributed by atoms with Crippen LogP contribution in [0, 0.1) is 0 Å². The maximum atomic E-state index is 13.0. The minimum atomic E-state index is -0.282. The first kappa shape index (κ1) is 17.4. The summed E-state index contributed by atoms with van der Waals surface area (Å²) < 4.78 is 0. The van der Waals surface area contributed by atoms with E-state index in [0.29, 0.717) is 23.7 Å². The van der Waals surface area contributed by atoms with Crippen molar-refractivity contribution in [3.8, 4) is 0 Å². The second-order valence-corrected chi connectivity index (χ2v) is 6.16. The van der Waals surface area contributed by atoms with E-state index in [0.717, 1.165) is 12.1 Å². The van der Waals surface area contributed by atoms with Crippen LogP contribution in [0.15, 0.2) is 42.6 Å². The van der Waals surface area contributed by atoms with E-state index in [1.165, 1.54) is 13.2 Å². The Morgan fingerprint density at radius 2 is 2.08 bits per heavy atom. The molecule has 2 N–H and O–H groups in total. The van der Waals surface area contributed by atoms with Gasteiger partial charge in [-0.1, -0.05) is 29.8 Å². The number of nitrogens with one attached hydrogen (secondary N) is 2. The van der Waals surface area contributed by atoms with E-state index in [2.05, 4.69) is 15.6 Å². The van der Waals surface area contributed by atoms with Gasteiger partial charge in [0.25, 0.3) is 11.8 Å². The highest BCUT2D eigenvalue weighted by Gasteiger charge is 2.30. The van der Waals surface area contributed by atoms with Gasteiger partial charge in [0.2, 0.25) is 0 Å². The number of benzene rings is 1. The molecule has 0 bridgehead atoms. The number of pyridine rings is 1. The molecule has 1 aromatic heterocycles. The molecule has 2 heterocycles. The summed E-state index contributed by atoms with van der Waals surface area (Å²) >= 11 is 6.32. The van der Waals surface area contributed by atoms with Crippen molar-refractivity contribution in [3.05, 3.63) is 64.4 Å². The van der Waals surface area contributed by atoms with Crippen molar-refractivity contribution in [1.29, 1.82) is 0 Å². The van der Waals surface area contributed by atoms with Crippen molar-refractivity contribution in [2.24, 2.45) is 0 Å². The summed E-state index contributed by atoms with van der Waals surface area (Å²) in [6.07, 6.45) is 1.44. The van der Waals surface area contributed by atoms with Crippen LogP contribution in [0.1, 0.15) is 32.5 Å². The van der Waals surface area contributed by atoms with Crippen LogP contribution in [0.2, 0.25) is 5.02 Å². The molecule has 2 aromatic rings. The van der Waals surface area contributed by atoms with Gasteiger partial charge in [-0.2, -0.15) is 0 Å². The number of amides is 2. The van der Waals surface area contributed by atoms with Gasteiger partial charge < -0.3 is 15.5 Å². The first-order valence-corrected chi connectivity index (χ1v) is 8.44. The summed E-state index contributed by atoms with van der Waals surface area (Å²) in [6.45, 7) is 1.93. The summed E-state index contributed by atoms with van der Waals surface area (Å²) in [7, 11) is 1.54. The zero-order chi connectivity index (χ0) is 17.8. The topological polar surface area (TPSA) is 74.3 Å². The normalized spacial score (nSPS) is 17.2. The molecule has 7 heteroatoms. The molecule has 0 spiro atoms. The Morgan fingerprint density at radius 3 is 2.76 bits per heavy atom. The van der Waals surface area contributed by atoms with Gasteiger partial charge in [0.1, 0.15) is 5.69 Å². The van der Waals surface area contributed by atoms with Crippen LogP contribution in [-0.4, -0.2) is 48.4 Å². The van der Waals surface area contributed by atoms with Gasteiger partial charge in [-0.05, 0) is 23.8 Å². The fourth-order valence-corrected chi connectivity index (χ4v) is 3.18. The highest BCUT2D eigenvalue weighted by Crippen LogP contribution is 2.29. The van der Waals surface area contributed by atoms with Crippen molar-refractivity contribution in [1.82, 2.24) is 20.5 Å². The van der Waals surface area contributed by atoms with Crippen LogP contribution in [-0.2, 0) is 0 Å². The average molecular weight is 359 g/mol. The maximum Gasteiger partial charge on any atom is 0.269 e. The van der Waals surface area contributed by atoms with Gasteiger partial charge in [-0.15, -0.1) is 0 Å². The number of carbonyl (C=O) groups excluding carboxylic acids is 2. The van der Waals surface area contributed by atoms with E-state index in [9.17, 15) is 9.59 Å². The average Bonchev–Trinajstić information content (AvgIpc) is 2.67. The molecule has 1 saturated heterocycles. The predicted octanol–water partition coefficient (Wildman–Crippen LogP) is 1.88. The van der Waals surface area contributed by atoms with Crippen LogP contribution >= 0.6 is 11.6 Å². The highest BCUT2D eigenvalue weighted by atomic mass is 35.5. The van der Waals surface area contributed by atoms with Gasteiger partial charge in [0.15, 0.2) is 0 Å². The standard InChI is InChI=1S/C18H19ClN4O2/c1-20-17(24)15-7-6-12(10-22-15)18(25)23-9-8-21-11-16(23)13-4-2-3-5-14(13)19/h2-7,10,16,21H,8-9,11H2,1H3,(H,20,24). The molecule has 6 nitrogen and oxygen atoms in total. The number of piperazine rings is 1. The number of carbonyl (C=O) groups is 2. The van der Waals surface area contributed by atoms with Crippen LogP contribution in [0.5, 0.6) is 0 Å². The summed E-state index contributed by atoms with van der Waals surface area (Å²) in [5, 5.41) is 6.46. The van der Waals surface area contributed by atoms with Crippen molar-refractivity contribution in [2.45, 2.75) is 6.04 Å². The number of aromatic nitrogens is 1. The van der Waals surface area contributed by atoms with Crippen molar-refractivity contribution >= 4 is 23.4 Å². The Kier molecular flexibility index (Phi) is 5.31. The Bertz CT molecular complexity index is 779. The Hall–Kier alpha value is -2.44. The number of halogens is 1. The predicted molar refractivity (Wildman–Crippen MR) is 95.7 cm³/mol. The van der Waals surface area contributed by atoms with Crippen LogP contribution in [0.3, 0.4) is 0 Å². The maximum absolute atomic E-state index is 13.0. The summed E-state index contributed by atoms with van der Waals surface area (Å²) in [6, 6.07) is 10.6. The van der Waals surface area contributed by atoms with Gasteiger partial charge in [-0.3, -0.25) is 14.6 Å². The molecule has 2 amide bonds. The molecular weight excluding hydrogens is 340 g/mol. The molecule has 25 heavy (non-hydrogen) atoms. The molecule has 0 aliphatic carbocycles. The van der Waals surface area contributed by atoms with Crippen LogP contribution in [0.25, 0.3) is 0 Å². The Morgan fingerprint density at radius 1 is 1.28 bits per heavy atom. The third-order valence-corrected chi connectivity index (χ3v) is 4.58. The number of hydrogen-bond acceptors (Lipinski definition) is 4. The summed E-state index contributed by atoms with van der Waals surface area (Å²) in [5.74, 6) is -0.405. The third-order valence-electron chi connectivity index (χ3n) is 4.24. The van der Waals surface area contributed by atoms with E-state index in [-0.39, 0.29) is 23.6 Å². The molecule has 1 atom stereocenters. The molecule has 1 aliphatic heterocycles. The second kappa shape index (κ2) is 7.63. The van der Waals surface area contributed by atoms with E-state index in [1.807, 2.05) is 24.3 Å². The highest BCUT2D eigenvalue weighted by molar-refractivity contribution is 6.31. The van der Waals surface area contributed by atoms with Crippen LogP contribution in [0.4, 0.5) is 0 Å². The molecule has 1 fully saturated rings. The van der Waals surface area contributed by atoms with Crippen molar-refractivity contribution in [3.63, 3.8) is 0 Å². The second-order valence-electron chi connectivity index (χ2n) is 5.75. The van der Waals surface area contributed by atoms with Crippen molar-refractivity contribution in [2.75, 3.05) is 26.7 Å². The lowest BCUT2D eigenvalue weighted by molar-refractivity contribution is 0.0633. The fraction of sp³-hybridized carbons (Fsp3) is 0.278. The SMILES string of the molecule is CNC(=O)c1ccc(C(=O)N2CCNCC2c2ccccc2Cl)cn1. The Labute approximate surface area is 151 Å². The third kappa shape index (κ3) is 3.65. The largest absolute Gasteiger partial charge is 0.354 e. The van der Waals surface area contributed by atoms with Gasteiger partial charge in [0.05, 0.1) is 11.6 Å². The lowest BCUT2D eigenvalue weighted by atomic mass is 10.0. The van der Waals surface area contributed by atoms with E-state index in [4.69, 9.17) is 11.6 Å². The Balaban J connectivity index is 1.86. The lowest BCUT2D eigenvalue weighted by Gasteiger charge is -2.37. The molecule has 1 unspecified atom stereocenters. The zero-order valence-corrected chi connectivity index (χ0v) is 14.6.